The lowest BCUT2D eigenvalue weighted by molar-refractivity contribution is -0.127. The minimum Gasteiger partial charge on any atom is -0.297 e. The molecule has 1 aromatic rings. The van der Waals surface area contributed by atoms with E-state index in [1.54, 1.807) is 0 Å². The Balaban J connectivity index is 2.60. The Labute approximate surface area is 70.8 Å². The average Bonchev–Trinajstić information content (AvgIpc) is 2.37. The first kappa shape index (κ1) is 8.83. The van der Waals surface area contributed by atoms with Crippen LogP contribution in [0.4, 0.5) is 0 Å². The third-order valence-corrected chi connectivity index (χ3v) is 1.51. The lowest BCUT2D eigenvalue weighted by atomic mass is 9.91. The Morgan fingerprint density at radius 2 is 2.17 bits per heavy atom. The lowest BCUT2D eigenvalue weighted by Gasteiger charge is -2.15. The summed E-state index contributed by atoms with van der Waals surface area (Å²) < 4.78 is 0. The fourth-order valence-electron chi connectivity index (χ4n) is 0.627. The zero-order chi connectivity index (χ0) is 9.19. The first-order valence-electron chi connectivity index (χ1n) is 3.74. The van der Waals surface area contributed by atoms with Crippen molar-refractivity contribution >= 4 is 5.78 Å². The number of carbonyl (C=O) groups is 1. The highest BCUT2D eigenvalue weighted by Crippen LogP contribution is 2.14. The maximum Gasteiger partial charge on any atom is 0.162 e. The molecule has 0 aliphatic carbocycles. The first-order chi connectivity index (χ1) is 5.50. The van der Waals surface area contributed by atoms with E-state index in [4.69, 9.17) is 0 Å². The van der Waals surface area contributed by atoms with Gasteiger partial charge in [-0.1, -0.05) is 20.8 Å². The number of ketones is 1. The highest BCUT2D eigenvalue weighted by molar-refractivity contribution is 5.83. The van der Waals surface area contributed by atoms with Gasteiger partial charge in [0, 0.05) is 5.41 Å². The van der Waals surface area contributed by atoms with Gasteiger partial charge in [0.2, 0.25) is 0 Å². The van der Waals surface area contributed by atoms with E-state index in [2.05, 4.69) is 15.4 Å². The van der Waals surface area contributed by atoms with Gasteiger partial charge in [-0.3, -0.25) is 4.79 Å². The third-order valence-electron chi connectivity index (χ3n) is 1.51. The Morgan fingerprint density at radius 3 is 2.58 bits per heavy atom. The zero-order valence-corrected chi connectivity index (χ0v) is 7.48. The van der Waals surface area contributed by atoms with Gasteiger partial charge in [-0.25, -0.2) is 0 Å². The molecule has 12 heavy (non-hydrogen) atoms. The van der Waals surface area contributed by atoms with E-state index in [0.29, 0.717) is 0 Å². The molecule has 1 aromatic heterocycles. The molecule has 0 unspecified atom stereocenters. The van der Waals surface area contributed by atoms with Crippen molar-refractivity contribution in [1.82, 2.24) is 20.2 Å². The molecule has 0 spiro atoms. The normalized spacial score (nSPS) is 11.6. The van der Waals surface area contributed by atoms with Crippen molar-refractivity contribution in [2.24, 2.45) is 5.41 Å². The summed E-state index contributed by atoms with van der Waals surface area (Å²) in [5.74, 6) is 0.0977. The summed E-state index contributed by atoms with van der Waals surface area (Å²) in [5, 5.41) is 10.9. The maximum absolute atomic E-state index is 11.4. The predicted molar refractivity (Wildman–Crippen MR) is 42.3 cm³/mol. The fourth-order valence-corrected chi connectivity index (χ4v) is 0.627. The van der Waals surface area contributed by atoms with Crippen molar-refractivity contribution in [2.45, 2.75) is 27.3 Å². The van der Waals surface area contributed by atoms with E-state index < -0.39 is 0 Å². The summed E-state index contributed by atoms with van der Waals surface area (Å²) in [6.07, 6.45) is 1.32. The van der Waals surface area contributed by atoms with E-state index in [1.165, 1.54) is 11.1 Å². The quantitative estimate of drug-likeness (QED) is 0.636. The zero-order valence-electron chi connectivity index (χ0n) is 7.48. The molecule has 0 N–H and O–H groups in total. The molecule has 0 atom stereocenters. The summed E-state index contributed by atoms with van der Waals surface area (Å²) >= 11 is 0. The van der Waals surface area contributed by atoms with Crippen LogP contribution in [0.25, 0.3) is 0 Å². The standard InChI is InChI=1S/C7H12N4O/c1-7(2,3)6(12)4-11-9-5-8-10-11/h5H,4H2,1-3H3. The number of carbonyl (C=O) groups excluding carboxylic acids is 1. The predicted octanol–water partition coefficient (Wildman–Crippen LogP) is 0.288. The van der Waals surface area contributed by atoms with Gasteiger partial charge in [0.05, 0.1) is 0 Å². The van der Waals surface area contributed by atoms with Crippen molar-refractivity contribution in [1.29, 1.82) is 0 Å². The van der Waals surface area contributed by atoms with Gasteiger partial charge in [-0.2, -0.15) is 4.80 Å². The van der Waals surface area contributed by atoms with Gasteiger partial charge >= 0.3 is 0 Å². The van der Waals surface area contributed by atoms with E-state index in [0.717, 1.165) is 0 Å². The molecular formula is C7H12N4O. The minimum absolute atomic E-state index is 0.0977. The van der Waals surface area contributed by atoms with Gasteiger partial charge in [0.1, 0.15) is 6.54 Å². The highest BCUT2D eigenvalue weighted by atomic mass is 16.1. The SMILES string of the molecule is CC(C)(C)C(=O)Cn1ncnn1. The topological polar surface area (TPSA) is 60.7 Å². The molecule has 0 aromatic carbocycles. The molecule has 1 rings (SSSR count). The van der Waals surface area contributed by atoms with Crippen LogP contribution in [0.5, 0.6) is 0 Å². The molecule has 0 aliphatic heterocycles. The van der Waals surface area contributed by atoms with Crippen LogP contribution in [-0.4, -0.2) is 26.0 Å². The van der Waals surface area contributed by atoms with Crippen molar-refractivity contribution in [2.75, 3.05) is 0 Å². The summed E-state index contributed by atoms with van der Waals surface area (Å²) in [4.78, 5) is 12.7. The number of nitrogens with zero attached hydrogens (tertiary/aromatic N) is 4. The van der Waals surface area contributed by atoms with Crippen molar-refractivity contribution in [3.8, 4) is 0 Å². The summed E-state index contributed by atoms with van der Waals surface area (Å²) in [7, 11) is 0. The summed E-state index contributed by atoms with van der Waals surface area (Å²) in [5.41, 5.74) is -0.340. The van der Waals surface area contributed by atoms with Crippen LogP contribution in [0.15, 0.2) is 6.33 Å². The molecule has 0 saturated carbocycles. The second-order valence-corrected chi connectivity index (χ2v) is 3.64. The van der Waals surface area contributed by atoms with Gasteiger partial charge < -0.3 is 0 Å². The first-order valence-corrected chi connectivity index (χ1v) is 3.74. The Bertz CT molecular complexity index is 259. The number of hydrogen-bond donors (Lipinski definition) is 0. The molecule has 66 valence electrons. The lowest BCUT2D eigenvalue weighted by Crippen LogP contribution is -2.26. The summed E-state index contributed by atoms with van der Waals surface area (Å²) in [6.45, 7) is 5.80. The largest absolute Gasteiger partial charge is 0.297 e. The number of hydrogen-bond acceptors (Lipinski definition) is 4. The maximum atomic E-state index is 11.4. The molecule has 0 fully saturated rings. The van der Waals surface area contributed by atoms with Crippen LogP contribution in [-0.2, 0) is 11.3 Å². The average molecular weight is 168 g/mol. The molecule has 0 bridgehead atoms. The summed E-state index contributed by atoms with van der Waals surface area (Å²) in [6, 6.07) is 0. The van der Waals surface area contributed by atoms with Gasteiger partial charge in [-0.05, 0) is 5.21 Å². The van der Waals surface area contributed by atoms with Crippen LogP contribution in [0.2, 0.25) is 0 Å². The Morgan fingerprint density at radius 1 is 1.50 bits per heavy atom. The van der Waals surface area contributed by atoms with Gasteiger partial charge in [0.15, 0.2) is 12.1 Å². The highest BCUT2D eigenvalue weighted by Gasteiger charge is 2.21. The van der Waals surface area contributed by atoms with E-state index >= 15 is 0 Å². The molecule has 0 saturated heterocycles. The third kappa shape index (κ3) is 2.11. The second kappa shape index (κ2) is 3.00. The number of Topliss-reactive ketones (excluding diaryl/α,β-unsaturated/α-hetero) is 1. The number of rotatable bonds is 2. The van der Waals surface area contributed by atoms with Crippen LogP contribution >= 0.6 is 0 Å². The molecule has 0 amide bonds. The van der Waals surface area contributed by atoms with Crippen LogP contribution < -0.4 is 0 Å². The van der Waals surface area contributed by atoms with Crippen LogP contribution in [0, 0.1) is 5.41 Å². The van der Waals surface area contributed by atoms with Crippen molar-refractivity contribution in [3.05, 3.63) is 6.33 Å². The molecular weight excluding hydrogens is 156 g/mol. The van der Waals surface area contributed by atoms with E-state index in [-0.39, 0.29) is 17.7 Å². The molecule has 5 heteroatoms. The molecule has 1 heterocycles. The Kier molecular flexibility index (Phi) is 2.21. The van der Waals surface area contributed by atoms with Gasteiger partial charge in [-0.15, -0.1) is 10.2 Å². The smallest absolute Gasteiger partial charge is 0.162 e. The van der Waals surface area contributed by atoms with Crippen molar-refractivity contribution in [3.63, 3.8) is 0 Å². The monoisotopic (exact) mass is 168 g/mol. The minimum atomic E-state index is -0.340. The fraction of sp³-hybridized carbons (Fsp3) is 0.714. The van der Waals surface area contributed by atoms with Crippen molar-refractivity contribution < 1.29 is 4.79 Å². The second-order valence-electron chi connectivity index (χ2n) is 3.64. The number of tetrazole rings is 1. The molecule has 5 nitrogen and oxygen atoms in total. The van der Waals surface area contributed by atoms with E-state index in [1.807, 2.05) is 20.8 Å². The van der Waals surface area contributed by atoms with E-state index in [9.17, 15) is 4.79 Å². The van der Waals surface area contributed by atoms with Gasteiger partial charge in [0.25, 0.3) is 0 Å². The number of aromatic nitrogens is 4. The van der Waals surface area contributed by atoms with Crippen LogP contribution in [0.3, 0.4) is 0 Å². The molecule has 0 radical (unpaired) electrons. The Hall–Kier alpha value is -1.26. The van der Waals surface area contributed by atoms with Crippen LogP contribution in [0.1, 0.15) is 20.8 Å². The molecule has 0 aliphatic rings.